The maximum atomic E-state index is 13.0. The molecule has 0 aliphatic carbocycles. The number of rotatable bonds is 10. The molecular weight excluding hydrogens is 452 g/mol. The number of likely N-dealkylation sites (N-methyl/N-ethyl adjacent to an activating group) is 1. The van der Waals surface area contributed by atoms with Crippen LogP contribution in [0.15, 0.2) is 0 Å². The lowest BCUT2D eigenvalue weighted by Crippen LogP contribution is -2.55. The van der Waals surface area contributed by atoms with Gasteiger partial charge in [-0.15, -0.1) is 23.5 Å². The molecule has 0 radical (unpaired) electrons. The van der Waals surface area contributed by atoms with E-state index in [0.717, 1.165) is 24.5 Å². The van der Waals surface area contributed by atoms with Gasteiger partial charge in [0, 0.05) is 6.54 Å². The molecule has 2 aliphatic rings. The van der Waals surface area contributed by atoms with Gasteiger partial charge in [-0.05, 0) is 51.7 Å². The molecule has 2 heterocycles. The van der Waals surface area contributed by atoms with Crippen molar-refractivity contribution in [2.45, 2.75) is 74.8 Å². The molecule has 0 aromatic carbocycles. The summed E-state index contributed by atoms with van der Waals surface area (Å²) in [5.41, 5.74) is 0. The zero-order valence-electron chi connectivity index (χ0n) is 19.3. The summed E-state index contributed by atoms with van der Waals surface area (Å²) in [5.74, 6) is 0.568. The molecule has 0 aromatic heterocycles. The van der Waals surface area contributed by atoms with Gasteiger partial charge in [0.25, 0.3) is 5.91 Å². The van der Waals surface area contributed by atoms with E-state index >= 15 is 0 Å². The second-order valence-corrected chi connectivity index (χ2v) is 11.8. The number of nitrogens with one attached hydrogen (secondary N) is 3. The number of aliphatic hydroxyl groups is 1. The lowest BCUT2D eigenvalue weighted by atomic mass is 10.0. The molecule has 4 N–H and O–H groups in total. The van der Waals surface area contributed by atoms with Gasteiger partial charge in [0.15, 0.2) is 11.9 Å². The lowest BCUT2D eigenvalue weighted by molar-refractivity contribution is -0.135. The Morgan fingerprint density at radius 3 is 2.44 bits per heavy atom. The number of nitrogens with zero attached hydrogens (tertiary/aromatic N) is 1. The van der Waals surface area contributed by atoms with Crippen LogP contribution in [0.1, 0.15) is 46.5 Å². The number of ketones is 1. The number of hydrogen-bond acceptors (Lipinski definition) is 8. The van der Waals surface area contributed by atoms with Crippen molar-refractivity contribution >= 4 is 47.0 Å². The van der Waals surface area contributed by atoms with Crippen LogP contribution in [0.25, 0.3) is 0 Å². The average molecular weight is 489 g/mol. The second-order valence-electron chi connectivity index (χ2n) is 8.56. The molecule has 3 amide bonds. The molecule has 4 atom stereocenters. The Kier molecular flexibility index (Phi) is 10.3. The van der Waals surface area contributed by atoms with Gasteiger partial charge in [0.05, 0.1) is 28.7 Å². The second kappa shape index (κ2) is 12.2. The summed E-state index contributed by atoms with van der Waals surface area (Å²) >= 11 is 3.84. The van der Waals surface area contributed by atoms with Gasteiger partial charge < -0.3 is 21.1 Å². The first-order chi connectivity index (χ1) is 15.1. The predicted octanol–water partition coefficient (Wildman–Crippen LogP) is 0.113. The Bertz CT molecular complexity index is 702. The summed E-state index contributed by atoms with van der Waals surface area (Å²) in [4.78, 5) is 50.6. The van der Waals surface area contributed by atoms with Crippen molar-refractivity contribution in [2.24, 2.45) is 0 Å². The van der Waals surface area contributed by atoms with Crippen molar-refractivity contribution in [2.75, 3.05) is 31.6 Å². The van der Waals surface area contributed by atoms with Crippen molar-refractivity contribution < 1.29 is 24.3 Å². The molecule has 2 unspecified atom stereocenters. The van der Waals surface area contributed by atoms with Crippen LogP contribution >= 0.6 is 23.5 Å². The van der Waals surface area contributed by atoms with E-state index in [9.17, 15) is 24.3 Å². The first-order valence-corrected chi connectivity index (χ1v) is 13.1. The molecule has 1 spiro atoms. The van der Waals surface area contributed by atoms with Crippen molar-refractivity contribution in [1.82, 2.24) is 20.9 Å². The van der Waals surface area contributed by atoms with Crippen LogP contribution < -0.4 is 16.0 Å². The van der Waals surface area contributed by atoms with Gasteiger partial charge in [-0.25, -0.2) is 0 Å². The summed E-state index contributed by atoms with van der Waals surface area (Å²) in [7, 11) is 1.94. The van der Waals surface area contributed by atoms with Crippen molar-refractivity contribution in [3.8, 4) is 0 Å². The minimum absolute atomic E-state index is 0.0373. The Morgan fingerprint density at radius 1 is 1.19 bits per heavy atom. The summed E-state index contributed by atoms with van der Waals surface area (Å²) in [6, 6.07) is -1.70. The van der Waals surface area contributed by atoms with E-state index in [0.29, 0.717) is 12.8 Å². The molecule has 2 saturated heterocycles. The molecule has 2 fully saturated rings. The molecule has 9 nitrogen and oxygen atoms in total. The number of likely N-dealkylation sites (tertiary alicyclic amines) is 1. The van der Waals surface area contributed by atoms with Gasteiger partial charge in [0.2, 0.25) is 11.8 Å². The molecule has 0 aromatic rings. The zero-order valence-corrected chi connectivity index (χ0v) is 20.9. The van der Waals surface area contributed by atoms with Crippen molar-refractivity contribution in [1.29, 1.82) is 0 Å². The molecule has 32 heavy (non-hydrogen) atoms. The standard InChI is InChI=1S/C21H36N4O5S2/c1-5-7-15(18(28)20(30)22-11-17(27)23-13(2)14(3)26)24-19(29)16-10-21(12-25(16)4)31-8-6-9-32-21/h13,15-16,18,28H,5-12H2,1-4H3,(H,22,30)(H,23,27)(H,24,29)/t13-,15?,16-,18?/m0/s1. The number of aliphatic hydroxyl groups excluding tert-OH is 1. The highest BCUT2D eigenvalue weighted by molar-refractivity contribution is 8.18. The van der Waals surface area contributed by atoms with E-state index in [4.69, 9.17) is 0 Å². The van der Waals surface area contributed by atoms with Crippen LogP contribution in [0.5, 0.6) is 0 Å². The normalized spacial score (nSPS) is 23.2. The molecule has 0 bridgehead atoms. The fraction of sp³-hybridized carbons (Fsp3) is 0.810. The maximum absolute atomic E-state index is 13.0. The van der Waals surface area contributed by atoms with E-state index in [1.807, 2.05) is 37.5 Å². The number of carbonyl (C=O) groups excluding carboxylic acids is 4. The van der Waals surface area contributed by atoms with Crippen LogP contribution in [0.2, 0.25) is 0 Å². The quantitative estimate of drug-likeness (QED) is 0.341. The fourth-order valence-electron chi connectivity index (χ4n) is 3.87. The van der Waals surface area contributed by atoms with Gasteiger partial charge in [-0.2, -0.15) is 0 Å². The smallest absolute Gasteiger partial charge is 0.251 e. The number of amides is 3. The highest BCUT2D eigenvalue weighted by atomic mass is 32.2. The van der Waals surface area contributed by atoms with E-state index in [1.54, 1.807) is 6.92 Å². The molecule has 11 heteroatoms. The highest BCUT2D eigenvalue weighted by Gasteiger charge is 2.47. The number of carbonyl (C=O) groups is 4. The van der Waals surface area contributed by atoms with Gasteiger partial charge >= 0.3 is 0 Å². The molecule has 0 saturated carbocycles. The van der Waals surface area contributed by atoms with E-state index < -0.39 is 30.0 Å². The number of hydrogen-bond donors (Lipinski definition) is 4. The Labute approximate surface area is 198 Å². The van der Waals surface area contributed by atoms with E-state index in [-0.39, 0.29) is 28.4 Å². The molecule has 182 valence electrons. The summed E-state index contributed by atoms with van der Waals surface area (Å²) in [5, 5.41) is 18.3. The van der Waals surface area contributed by atoms with Crippen molar-refractivity contribution in [3.63, 3.8) is 0 Å². The van der Waals surface area contributed by atoms with E-state index in [2.05, 4.69) is 20.9 Å². The number of thioether (sulfide) groups is 2. The SMILES string of the molecule is CCCC(NC(=O)[C@@H]1CC2(CN1C)SCCCS2)C(O)C(=O)NCC(=O)N[C@@H](C)C(C)=O. The van der Waals surface area contributed by atoms with Crippen LogP contribution in [-0.2, 0) is 19.2 Å². The third kappa shape index (κ3) is 7.36. The van der Waals surface area contributed by atoms with Crippen molar-refractivity contribution in [3.05, 3.63) is 0 Å². The fourth-order valence-corrected chi connectivity index (χ4v) is 7.35. The summed E-state index contributed by atoms with van der Waals surface area (Å²) in [6.07, 6.45) is 1.54. The molecule has 2 aliphatic heterocycles. The predicted molar refractivity (Wildman–Crippen MR) is 127 cm³/mol. The zero-order chi connectivity index (χ0) is 23.9. The topological polar surface area (TPSA) is 128 Å². The van der Waals surface area contributed by atoms with Crippen LogP contribution in [0, 0.1) is 0 Å². The van der Waals surface area contributed by atoms with Crippen LogP contribution in [0.3, 0.4) is 0 Å². The third-order valence-electron chi connectivity index (χ3n) is 5.84. The third-order valence-corrected chi connectivity index (χ3v) is 9.17. The minimum atomic E-state index is -1.48. The largest absolute Gasteiger partial charge is 0.381 e. The van der Waals surface area contributed by atoms with Gasteiger partial charge in [-0.1, -0.05) is 13.3 Å². The maximum Gasteiger partial charge on any atom is 0.251 e. The van der Waals surface area contributed by atoms with Crippen LogP contribution in [0.4, 0.5) is 0 Å². The van der Waals surface area contributed by atoms with Gasteiger partial charge in [-0.3, -0.25) is 24.1 Å². The Morgan fingerprint density at radius 2 is 1.84 bits per heavy atom. The monoisotopic (exact) mass is 488 g/mol. The summed E-state index contributed by atoms with van der Waals surface area (Å²) < 4.78 is 0.0373. The number of Topliss-reactive ketones (excluding diaryl/α,β-unsaturated/α-hetero) is 1. The molecular formula is C21H36N4O5S2. The van der Waals surface area contributed by atoms with Gasteiger partial charge in [0.1, 0.15) is 0 Å². The Hall–Kier alpha value is -1.30. The first-order valence-electron chi connectivity index (χ1n) is 11.1. The van der Waals surface area contributed by atoms with E-state index in [1.165, 1.54) is 13.3 Å². The van der Waals surface area contributed by atoms with Crippen LogP contribution in [-0.4, -0.2) is 93.5 Å². The Balaban J connectivity index is 1.91. The highest BCUT2D eigenvalue weighted by Crippen LogP contribution is 2.49. The lowest BCUT2D eigenvalue weighted by Gasteiger charge is -2.31. The average Bonchev–Trinajstić information content (AvgIpc) is 3.06. The summed E-state index contributed by atoms with van der Waals surface area (Å²) in [6.45, 7) is 5.30. The molecule has 2 rings (SSSR count). The first kappa shape index (κ1) is 26.9. The minimum Gasteiger partial charge on any atom is -0.381 e.